The zero-order valence-corrected chi connectivity index (χ0v) is 13.0. The maximum absolute atomic E-state index is 12.4. The van der Waals surface area contributed by atoms with E-state index in [1.807, 2.05) is 12.2 Å². The summed E-state index contributed by atoms with van der Waals surface area (Å²) in [6.07, 6.45) is 9.37. The third-order valence-corrected chi connectivity index (χ3v) is 5.16. The summed E-state index contributed by atoms with van der Waals surface area (Å²) in [7, 11) is 0. The van der Waals surface area contributed by atoms with Crippen molar-refractivity contribution in [1.82, 2.24) is 5.32 Å². The summed E-state index contributed by atoms with van der Waals surface area (Å²) in [6, 6.07) is 0. The lowest BCUT2D eigenvalue weighted by atomic mass is 9.82. The molecule has 0 aromatic rings. The van der Waals surface area contributed by atoms with Crippen molar-refractivity contribution in [3.63, 3.8) is 0 Å². The fourth-order valence-corrected chi connectivity index (χ4v) is 3.82. The van der Waals surface area contributed by atoms with Crippen LogP contribution in [0.4, 0.5) is 0 Å². The van der Waals surface area contributed by atoms with Crippen molar-refractivity contribution in [1.29, 1.82) is 0 Å². The molecule has 118 valence electrons. The van der Waals surface area contributed by atoms with Gasteiger partial charge in [-0.1, -0.05) is 45.3 Å². The molecule has 2 aliphatic carbocycles. The van der Waals surface area contributed by atoms with Crippen LogP contribution in [0.15, 0.2) is 12.2 Å². The van der Waals surface area contributed by atoms with Gasteiger partial charge in [0.15, 0.2) is 0 Å². The topological polar surface area (TPSA) is 66.4 Å². The predicted octanol–water partition coefficient (Wildman–Crippen LogP) is 2.84. The Morgan fingerprint density at radius 1 is 1.24 bits per heavy atom. The molecule has 0 heterocycles. The minimum Gasteiger partial charge on any atom is -0.481 e. The fourth-order valence-electron chi connectivity index (χ4n) is 3.82. The molecule has 2 rings (SSSR count). The minimum absolute atomic E-state index is 0.0466. The SMILES string of the molecule is CCCC[C@H](CC)CNC(=O)[C@@H]1[C@@H](C(=O)O)[C@H]2C=C[C@H]1C2. The number of nitrogens with one attached hydrogen (secondary N) is 1. The Balaban J connectivity index is 1.90. The number of hydrogen-bond donors (Lipinski definition) is 2. The van der Waals surface area contributed by atoms with Crippen LogP contribution in [0.25, 0.3) is 0 Å². The largest absolute Gasteiger partial charge is 0.481 e. The number of carbonyl (C=O) groups is 2. The Bertz CT molecular complexity index is 418. The molecule has 21 heavy (non-hydrogen) atoms. The van der Waals surface area contributed by atoms with Crippen LogP contribution in [0, 0.1) is 29.6 Å². The molecule has 4 nitrogen and oxygen atoms in total. The molecule has 0 aromatic heterocycles. The van der Waals surface area contributed by atoms with Crippen molar-refractivity contribution in [3.8, 4) is 0 Å². The van der Waals surface area contributed by atoms with Gasteiger partial charge in [0.2, 0.25) is 5.91 Å². The number of hydrogen-bond acceptors (Lipinski definition) is 2. The van der Waals surface area contributed by atoms with E-state index in [9.17, 15) is 14.7 Å². The van der Waals surface area contributed by atoms with Gasteiger partial charge in [-0.3, -0.25) is 9.59 Å². The van der Waals surface area contributed by atoms with Gasteiger partial charge in [-0.05, 0) is 30.6 Å². The van der Waals surface area contributed by atoms with Gasteiger partial charge in [0, 0.05) is 6.54 Å². The molecule has 0 saturated heterocycles. The zero-order chi connectivity index (χ0) is 15.4. The van der Waals surface area contributed by atoms with Crippen LogP contribution in [0.3, 0.4) is 0 Å². The first kappa shape index (κ1) is 16.1. The number of fused-ring (bicyclic) bond motifs is 2. The van der Waals surface area contributed by atoms with Gasteiger partial charge in [-0.25, -0.2) is 0 Å². The molecule has 0 aliphatic heterocycles. The third-order valence-electron chi connectivity index (χ3n) is 5.16. The van der Waals surface area contributed by atoms with Gasteiger partial charge in [-0.15, -0.1) is 0 Å². The van der Waals surface area contributed by atoms with Crippen LogP contribution in [0.1, 0.15) is 46.0 Å². The van der Waals surface area contributed by atoms with E-state index < -0.39 is 11.9 Å². The molecule has 1 amide bonds. The summed E-state index contributed by atoms with van der Waals surface area (Å²) in [5, 5.41) is 12.4. The number of allylic oxidation sites excluding steroid dienone is 2. The Morgan fingerprint density at radius 3 is 2.48 bits per heavy atom. The summed E-state index contributed by atoms with van der Waals surface area (Å²) >= 11 is 0. The monoisotopic (exact) mass is 293 g/mol. The van der Waals surface area contributed by atoms with Crippen molar-refractivity contribution in [2.45, 2.75) is 46.0 Å². The van der Waals surface area contributed by atoms with Crippen LogP contribution < -0.4 is 5.32 Å². The fraction of sp³-hybridized carbons (Fsp3) is 0.765. The summed E-state index contributed by atoms with van der Waals surface area (Å²) in [5.41, 5.74) is 0. The van der Waals surface area contributed by atoms with Crippen molar-refractivity contribution >= 4 is 11.9 Å². The standard InChI is InChI=1S/C17H27NO3/c1-3-5-6-11(4-2)10-18-16(19)14-12-7-8-13(9-12)15(14)17(20)21/h7-8,11-15H,3-6,9-10H2,1-2H3,(H,18,19)(H,20,21)/t11-,12-,13-,14-,15-/m0/s1. The molecule has 5 atom stereocenters. The third kappa shape index (κ3) is 3.47. The average Bonchev–Trinajstić information content (AvgIpc) is 3.07. The smallest absolute Gasteiger partial charge is 0.307 e. The second-order valence-electron chi connectivity index (χ2n) is 6.50. The van der Waals surface area contributed by atoms with Crippen LogP contribution in [-0.2, 0) is 9.59 Å². The first-order valence-corrected chi connectivity index (χ1v) is 8.27. The normalized spacial score (nSPS) is 31.3. The van der Waals surface area contributed by atoms with Gasteiger partial charge in [-0.2, -0.15) is 0 Å². The number of rotatable bonds is 8. The molecular formula is C17H27NO3. The van der Waals surface area contributed by atoms with Crippen LogP contribution in [-0.4, -0.2) is 23.5 Å². The summed E-state index contributed by atoms with van der Waals surface area (Å²) in [5.74, 6) is -1.13. The Kier molecular flexibility index (Phi) is 5.43. The van der Waals surface area contributed by atoms with Crippen molar-refractivity contribution < 1.29 is 14.7 Å². The molecule has 0 unspecified atom stereocenters. The lowest BCUT2D eigenvalue weighted by Gasteiger charge is -2.25. The van der Waals surface area contributed by atoms with Crippen LogP contribution in [0.2, 0.25) is 0 Å². The van der Waals surface area contributed by atoms with E-state index in [-0.39, 0.29) is 23.7 Å². The highest BCUT2D eigenvalue weighted by molar-refractivity contribution is 5.86. The van der Waals surface area contributed by atoms with E-state index in [0.717, 1.165) is 19.3 Å². The van der Waals surface area contributed by atoms with E-state index in [1.54, 1.807) is 0 Å². The van der Waals surface area contributed by atoms with Gasteiger partial charge < -0.3 is 10.4 Å². The molecule has 2 aliphatic rings. The van der Waals surface area contributed by atoms with E-state index in [4.69, 9.17) is 0 Å². The summed E-state index contributed by atoms with van der Waals surface area (Å²) in [6.45, 7) is 5.00. The maximum atomic E-state index is 12.4. The molecule has 1 saturated carbocycles. The predicted molar refractivity (Wildman–Crippen MR) is 81.7 cm³/mol. The Hall–Kier alpha value is -1.32. The lowest BCUT2D eigenvalue weighted by molar-refractivity contribution is -0.147. The van der Waals surface area contributed by atoms with Crippen LogP contribution in [0.5, 0.6) is 0 Å². The second kappa shape index (κ2) is 7.10. The van der Waals surface area contributed by atoms with E-state index in [1.165, 1.54) is 12.8 Å². The highest BCUT2D eigenvalue weighted by Gasteiger charge is 2.51. The number of carboxylic acids is 1. The number of carboxylic acid groups (broad SMARTS) is 1. The summed E-state index contributed by atoms with van der Waals surface area (Å²) < 4.78 is 0. The number of carbonyl (C=O) groups excluding carboxylic acids is 1. The van der Waals surface area contributed by atoms with Crippen molar-refractivity contribution in [2.75, 3.05) is 6.54 Å². The molecule has 4 heteroatoms. The highest BCUT2D eigenvalue weighted by Crippen LogP contribution is 2.48. The number of aliphatic carboxylic acids is 1. The molecule has 2 N–H and O–H groups in total. The Morgan fingerprint density at radius 2 is 1.90 bits per heavy atom. The van der Waals surface area contributed by atoms with Crippen LogP contribution >= 0.6 is 0 Å². The van der Waals surface area contributed by atoms with E-state index in [2.05, 4.69) is 19.2 Å². The summed E-state index contributed by atoms with van der Waals surface area (Å²) in [4.78, 5) is 23.9. The van der Waals surface area contributed by atoms with Crippen molar-refractivity contribution in [3.05, 3.63) is 12.2 Å². The molecule has 0 radical (unpaired) electrons. The molecule has 2 bridgehead atoms. The van der Waals surface area contributed by atoms with Gasteiger partial charge in [0.1, 0.15) is 0 Å². The zero-order valence-electron chi connectivity index (χ0n) is 13.0. The first-order chi connectivity index (χ1) is 10.1. The first-order valence-electron chi connectivity index (χ1n) is 8.27. The molecule has 0 aromatic carbocycles. The minimum atomic E-state index is -0.829. The van der Waals surface area contributed by atoms with E-state index in [0.29, 0.717) is 12.5 Å². The molecular weight excluding hydrogens is 266 g/mol. The lowest BCUT2D eigenvalue weighted by Crippen LogP contribution is -2.41. The molecule has 0 spiro atoms. The Labute approximate surface area is 127 Å². The van der Waals surface area contributed by atoms with E-state index >= 15 is 0 Å². The average molecular weight is 293 g/mol. The highest BCUT2D eigenvalue weighted by atomic mass is 16.4. The van der Waals surface area contributed by atoms with Gasteiger partial charge in [0.05, 0.1) is 11.8 Å². The quantitative estimate of drug-likeness (QED) is 0.676. The number of unbranched alkanes of at least 4 members (excludes halogenated alkanes) is 1. The van der Waals surface area contributed by atoms with Gasteiger partial charge >= 0.3 is 5.97 Å². The molecule has 1 fully saturated rings. The second-order valence-corrected chi connectivity index (χ2v) is 6.50. The number of amides is 1. The van der Waals surface area contributed by atoms with Crippen molar-refractivity contribution in [2.24, 2.45) is 29.6 Å². The van der Waals surface area contributed by atoms with Gasteiger partial charge in [0.25, 0.3) is 0 Å². The maximum Gasteiger partial charge on any atom is 0.307 e.